The van der Waals surface area contributed by atoms with Crippen LogP contribution in [0.3, 0.4) is 0 Å². The molecule has 3 N–H and O–H groups in total. The highest BCUT2D eigenvalue weighted by Gasteiger charge is 2.08. The Morgan fingerprint density at radius 2 is 2.07 bits per heavy atom. The minimum atomic E-state index is -3.52. The normalized spacial score (nSPS) is 11.3. The van der Waals surface area contributed by atoms with E-state index in [9.17, 15) is 8.42 Å². The number of para-hydroxylation sites is 1. The van der Waals surface area contributed by atoms with E-state index < -0.39 is 10.1 Å². The number of nitrogens with one attached hydrogen (secondary N) is 1. The molecule has 0 saturated heterocycles. The van der Waals surface area contributed by atoms with Gasteiger partial charge in [-0.1, -0.05) is 18.2 Å². The van der Waals surface area contributed by atoms with Gasteiger partial charge in [-0.15, -0.1) is 0 Å². The SMILES string of the molecule is CS(=O)(=O)OCC(=N)c1ccccc1N. The first kappa shape index (κ1) is 11.7. The molecule has 1 aromatic rings. The summed E-state index contributed by atoms with van der Waals surface area (Å²) in [7, 11) is -3.52. The Morgan fingerprint density at radius 3 is 2.60 bits per heavy atom. The zero-order valence-electron chi connectivity index (χ0n) is 8.23. The highest BCUT2D eigenvalue weighted by atomic mass is 32.2. The monoisotopic (exact) mass is 228 g/mol. The maximum atomic E-state index is 10.7. The third-order valence-electron chi connectivity index (χ3n) is 1.70. The van der Waals surface area contributed by atoms with Gasteiger partial charge in [0.2, 0.25) is 0 Å². The number of benzene rings is 1. The third kappa shape index (κ3) is 3.69. The number of rotatable bonds is 4. The van der Waals surface area contributed by atoms with Crippen molar-refractivity contribution in [2.45, 2.75) is 0 Å². The van der Waals surface area contributed by atoms with Crippen LogP contribution in [0.15, 0.2) is 24.3 Å². The number of hydrogen-bond acceptors (Lipinski definition) is 5. The number of anilines is 1. The molecule has 6 heteroatoms. The second kappa shape index (κ2) is 4.41. The van der Waals surface area contributed by atoms with Crippen LogP contribution in [0.5, 0.6) is 0 Å². The molecule has 0 amide bonds. The van der Waals surface area contributed by atoms with Crippen molar-refractivity contribution in [3.8, 4) is 0 Å². The molecule has 0 atom stereocenters. The van der Waals surface area contributed by atoms with Crippen molar-refractivity contribution in [3.05, 3.63) is 29.8 Å². The van der Waals surface area contributed by atoms with Crippen LogP contribution in [0.25, 0.3) is 0 Å². The standard InChI is InChI=1S/C9H12N2O3S/c1-15(12,13)14-6-9(11)7-4-2-3-5-8(7)10/h2-5,11H,6,10H2,1H3. The first-order valence-corrected chi connectivity index (χ1v) is 5.98. The molecule has 1 aromatic carbocycles. The maximum Gasteiger partial charge on any atom is 0.264 e. The molecular weight excluding hydrogens is 216 g/mol. The van der Waals surface area contributed by atoms with Gasteiger partial charge in [0.25, 0.3) is 10.1 Å². The van der Waals surface area contributed by atoms with Crippen LogP contribution in [-0.2, 0) is 14.3 Å². The minimum absolute atomic E-state index is 0.0403. The van der Waals surface area contributed by atoms with Gasteiger partial charge in [-0.3, -0.25) is 4.18 Å². The summed E-state index contributed by atoms with van der Waals surface area (Å²) < 4.78 is 25.9. The van der Waals surface area contributed by atoms with Gasteiger partial charge in [0.15, 0.2) is 0 Å². The Labute approximate surface area is 88.5 Å². The largest absolute Gasteiger partial charge is 0.398 e. The highest BCUT2D eigenvalue weighted by molar-refractivity contribution is 7.86. The molecule has 0 spiro atoms. The van der Waals surface area contributed by atoms with Crippen molar-refractivity contribution >= 4 is 21.5 Å². The van der Waals surface area contributed by atoms with E-state index in [1.165, 1.54) is 0 Å². The summed E-state index contributed by atoms with van der Waals surface area (Å²) in [6.07, 6.45) is 0.939. The smallest absolute Gasteiger partial charge is 0.264 e. The predicted molar refractivity (Wildman–Crippen MR) is 58.5 cm³/mol. The van der Waals surface area contributed by atoms with Crippen molar-refractivity contribution in [1.82, 2.24) is 0 Å². The molecule has 0 radical (unpaired) electrons. The van der Waals surface area contributed by atoms with E-state index in [-0.39, 0.29) is 12.3 Å². The van der Waals surface area contributed by atoms with E-state index in [1.807, 2.05) is 0 Å². The van der Waals surface area contributed by atoms with Crippen LogP contribution in [0.1, 0.15) is 5.56 Å². The van der Waals surface area contributed by atoms with E-state index in [2.05, 4.69) is 4.18 Å². The van der Waals surface area contributed by atoms with Crippen molar-refractivity contribution in [2.75, 3.05) is 18.6 Å². The summed E-state index contributed by atoms with van der Waals surface area (Å²) >= 11 is 0. The van der Waals surface area contributed by atoms with Gasteiger partial charge in [-0.05, 0) is 6.07 Å². The summed E-state index contributed by atoms with van der Waals surface area (Å²) in [5, 5.41) is 7.58. The first-order chi connectivity index (χ1) is 6.90. The predicted octanol–water partition coefficient (Wildman–Crippen LogP) is 0.613. The molecule has 0 aliphatic rings. The average molecular weight is 228 g/mol. The van der Waals surface area contributed by atoms with Crippen LogP contribution in [0, 0.1) is 5.41 Å². The van der Waals surface area contributed by atoms with Gasteiger partial charge in [0, 0.05) is 11.3 Å². The molecule has 0 aliphatic heterocycles. The van der Waals surface area contributed by atoms with E-state index in [1.54, 1.807) is 24.3 Å². The van der Waals surface area contributed by atoms with Gasteiger partial charge < -0.3 is 11.1 Å². The van der Waals surface area contributed by atoms with E-state index in [0.717, 1.165) is 6.26 Å². The van der Waals surface area contributed by atoms with Crippen LogP contribution < -0.4 is 5.73 Å². The second-order valence-electron chi connectivity index (χ2n) is 3.03. The number of nitrogen functional groups attached to an aromatic ring is 1. The Hall–Kier alpha value is -1.40. The fourth-order valence-corrected chi connectivity index (χ4v) is 1.35. The van der Waals surface area contributed by atoms with E-state index >= 15 is 0 Å². The first-order valence-electron chi connectivity index (χ1n) is 4.17. The highest BCUT2D eigenvalue weighted by Crippen LogP contribution is 2.11. The Morgan fingerprint density at radius 1 is 1.47 bits per heavy atom. The quantitative estimate of drug-likeness (QED) is 0.448. The van der Waals surface area contributed by atoms with Crippen LogP contribution >= 0.6 is 0 Å². The van der Waals surface area contributed by atoms with Crippen LogP contribution in [0.4, 0.5) is 5.69 Å². The van der Waals surface area contributed by atoms with Gasteiger partial charge in [-0.2, -0.15) is 8.42 Å². The lowest BCUT2D eigenvalue weighted by atomic mass is 10.1. The molecule has 1 rings (SSSR count). The molecule has 0 heterocycles. The summed E-state index contributed by atoms with van der Waals surface area (Å²) in [6.45, 7) is -0.299. The second-order valence-corrected chi connectivity index (χ2v) is 4.68. The fraction of sp³-hybridized carbons (Fsp3) is 0.222. The van der Waals surface area contributed by atoms with Gasteiger partial charge in [0.1, 0.15) is 6.61 Å². The average Bonchev–Trinajstić information content (AvgIpc) is 2.14. The molecule has 0 bridgehead atoms. The molecule has 0 fully saturated rings. The zero-order chi connectivity index (χ0) is 11.5. The van der Waals surface area contributed by atoms with E-state index in [4.69, 9.17) is 11.1 Å². The molecule has 0 unspecified atom stereocenters. The lowest BCUT2D eigenvalue weighted by Crippen LogP contribution is -2.14. The summed E-state index contributed by atoms with van der Waals surface area (Å²) in [5.74, 6) is 0. The van der Waals surface area contributed by atoms with Crippen molar-refractivity contribution in [3.63, 3.8) is 0 Å². The third-order valence-corrected chi connectivity index (χ3v) is 2.25. The maximum absolute atomic E-state index is 10.7. The van der Waals surface area contributed by atoms with Gasteiger partial charge >= 0.3 is 0 Å². The van der Waals surface area contributed by atoms with Crippen molar-refractivity contribution in [1.29, 1.82) is 5.41 Å². The van der Waals surface area contributed by atoms with Crippen molar-refractivity contribution < 1.29 is 12.6 Å². The topological polar surface area (TPSA) is 93.2 Å². The fourth-order valence-electron chi connectivity index (χ4n) is 1.02. The lowest BCUT2D eigenvalue weighted by Gasteiger charge is -2.06. The molecular formula is C9H12N2O3S. The van der Waals surface area contributed by atoms with E-state index in [0.29, 0.717) is 11.3 Å². The van der Waals surface area contributed by atoms with Crippen LogP contribution in [-0.4, -0.2) is 27.0 Å². The Kier molecular flexibility index (Phi) is 3.43. The lowest BCUT2D eigenvalue weighted by molar-refractivity contribution is 0.372. The zero-order valence-corrected chi connectivity index (χ0v) is 9.04. The van der Waals surface area contributed by atoms with Crippen LogP contribution in [0.2, 0.25) is 0 Å². The minimum Gasteiger partial charge on any atom is -0.398 e. The Bertz CT molecular complexity index is 468. The number of nitrogens with two attached hydrogens (primary N) is 1. The van der Waals surface area contributed by atoms with Crippen molar-refractivity contribution in [2.24, 2.45) is 0 Å². The number of hydrogen-bond donors (Lipinski definition) is 2. The molecule has 0 aromatic heterocycles. The molecule has 5 nitrogen and oxygen atoms in total. The summed E-state index contributed by atoms with van der Waals surface area (Å²) in [5.41, 5.74) is 6.57. The molecule has 0 aliphatic carbocycles. The summed E-state index contributed by atoms with van der Waals surface area (Å²) in [6, 6.07) is 6.75. The molecule has 0 saturated carbocycles. The van der Waals surface area contributed by atoms with Gasteiger partial charge in [-0.25, -0.2) is 0 Å². The van der Waals surface area contributed by atoms with Gasteiger partial charge in [0.05, 0.1) is 12.0 Å². The molecule has 15 heavy (non-hydrogen) atoms. The summed E-state index contributed by atoms with van der Waals surface area (Å²) in [4.78, 5) is 0. The molecule has 82 valence electrons. The Balaban J connectivity index is 2.75.